The van der Waals surface area contributed by atoms with Gasteiger partial charge in [0.15, 0.2) is 0 Å². The number of nitrogens with two attached hydrogens (primary N) is 1. The topological polar surface area (TPSA) is 66.6 Å². The number of phenolic OH excluding ortho intramolecular Hbond substituents is 1. The van der Waals surface area contributed by atoms with Crippen LogP contribution in [0.5, 0.6) is 5.75 Å². The fraction of sp³-hybridized carbons (Fsp3) is 0.462. The predicted molar refractivity (Wildman–Crippen MR) is 65.8 cm³/mol. The van der Waals surface area contributed by atoms with E-state index in [9.17, 15) is 9.90 Å². The fourth-order valence-corrected chi connectivity index (χ4v) is 2.35. The summed E-state index contributed by atoms with van der Waals surface area (Å²) >= 11 is 0. The van der Waals surface area contributed by atoms with Crippen LogP contribution in [0.2, 0.25) is 0 Å². The van der Waals surface area contributed by atoms with Gasteiger partial charge in [-0.15, -0.1) is 0 Å². The van der Waals surface area contributed by atoms with E-state index >= 15 is 0 Å². The van der Waals surface area contributed by atoms with E-state index in [1.807, 2.05) is 0 Å². The summed E-state index contributed by atoms with van der Waals surface area (Å²) in [4.78, 5) is 14.0. The summed E-state index contributed by atoms with van der Waals surface area (Å²) in [6.07, 6.45) is 0.972. The Morgan fingerprint density at radius 3 is 2.59 bits per heavy atom. The number of hydrogen-bond acceptors (Lipinski definition) is 3. The Hall–Kier alpha value is -1.55. The number of carbonyl (C=O) groups is 1. The average Bonchev–Trinajstić information content (AvgIpc) is 2.28. The quantitative estimate of drug-likeness (QED) is 0.767. The average molecular weight is 234 g/mol. The van der Waals surface area contributed by atoms with Crippen LogP contribution >= 0.6 is 0 Å². The van der Waals surface area contributed by atoms with E-state index in [0.29, 0.717) is 18.0 Å². The molecule has 1 fully saturated rings. The smallest absolute Gasteiger partial charge is 0.253 e. The van der Waals surface area contributed by atoms with Crippen LogP contribution in [-0.2, 0) is 0 Å². The van der Waals surface area contributed by atoms with Gasteiger partial charge in [-0.05, 0) is 36.6 Å². The summed E-state index contributed by atoms with van der Waals surface area (Å²) in [6, 6.07) is 6.41. The highest BCUT2D eigenvalue weighted by Crippen LogP contribution is 2.18. The molecule has 1 aliphatic rings. The molecule has 2 unspecified atom stereocenters. The second kappa shape index (κ2) is 4.75. The van der Waals surface area contributed by atoms with E-state index in [-0.39, 0.29) is 17.7 Å². The molecule has 1 aromatic carbocycles. The molecule has 1 aromatic rings. The Kier molecular flexibility index (Phi) is 3.33. The highest BCUT2D eigenvalue weighted by Gasteiger charge is 2.26. The summed E-state index contributed by atoms with van der Waals surface area (Å²) in [5, 5.41) is 9.19. The van der Waals surface area contributed by atoms with Crippen molar-refractivity contribution in [3.8, 4) is 5.75 Å². The normalized spacial score (nSPS) is 24.7. The molecule has 4 heteroatoms. The second-order valence-electron chi connectivity index (χ2n) is 4.86. The predicted octanol–water partition coefficient (Wildman–Crippen LogP) is 1.20. The van der Waals surface area contributed by atoms with Gasteiger partial charge in [-0.3, -0.25) is 4.79 Å². The minimum atomic E-state index is -0.00741. The van der Waals surface area contributed by atoms with Crippen molar-refractivity contribution in [1.82, 2.24) is 4.90 Å². The van der Waals surface area contributed by atoms with E-state index in [4.69, 9.17) is 5.73 Å². The van der Waals surface area contributed by atoms with Crippen molar-refractivity contribution in [2.75, 3.05) is 13.1 Å². The zero-order valence-electron chi connectivity index (χ0n) is 9.97. The van der Waals surface area contributed by atoms with E-state index < -0.39 is 0 Å². The van der Waals surface area contributed by atoms with Crippen molar-refractivity contribution in [3.63, 3.8) is 0 Å². The molecular weight excluding hydrogens is 216 g/mol. The zero-order valence-corrected chi connectivity index (χ0v) is 9.97. The molecule has 4 nitrogen and oxygen atoms in total. The van der Waals surface area contributed by atoms with Gasteiger partial charge in [-0.1, -0.05) is 6.92 Å². The van der Waals surface area contributed by atoms with Gasteiger partial charge in [-0.2, -0.15) is 0 Å². The maximum atomic E-state index is 12.2. The summed E-state index contributed by atoms with van der Waals surface area (Å²) in [5.74, 6) is 0.608. The molecule has 1 amide bonds. The third kappa shape index (κ3) is 2.77. The van der Waals surface area contributed by atoms with E-state index in [1.165, 1.54) is 12.1 Å². The lowest BCUT2D eigenvalue weighted by Gasteiger charge is -2.34. The van der Waals surface area contributed by atoms with Crippen molar-refractivity contribution >= 4 is 5.91 Å². The summed E-state index contributed by atoms with van der Waals surface area (Å²) < 4.78 is 0. The Bertz CT molecular complexity index is 392. The number of piperidine rings is 1. The number of hydrogen-bond donors (Lipinski definition) is 2. The number of aromatic hydroxyl groups is 1. The van der Waals surface area contributed by atoms with Gasteiger partial charge >= 0.3 is 0 Å². The molecule has 92 valence electrons. The highest BCUT2D eigenvalue weighted by atomic mass is 16.3. The first-order chi connectivity index (χ1) is 8.06. The Morgan fingerprint density at radius 1 is 1.35 bits per heavy atom. The fourth-order valence-electron chi connectivity index (χ4n) is 2.35. The summed E-state index contributed by atoms with van der Waals surface area (Å²) in [5.41, 5.74) is 6.52. The molecule has 17 heavy (non-hydrogen) atoms. The standard InChI is InChI=1S/C13H18N2O2/c1-9-6-11(14)8-15(7-9)13(17)10-2-4-12(16)5-3-10/h2-5,9,11,16H,6-8,14H2,1H3. The monoisotopic (exact) mass is 234 g/mol. The Balaban J connectivity index is 2.11. The lowest BCUT2D eigenvalue weighted by atomic mass is 9.96. The van der Waals surface area contributed by atoms with Crippen molar-refractivity contribution < 1.29 is 9.90 Å². The number of nitrogens with zero attached hydrogens (tertiary/aromatic N) is 1. The first-order valence-electron chi connectivity index (χ1n) is 5.90. The summed E-state index contributed by atoms with van der Waals surface area (Å²) in [7, 11) is 0. The van der Waals surface area contributed by atoms with Crippen LogP contribution in [0.15, 0.2) is 24.3 Å². The first-order valence-corrected chi connectivity index (χ1v) is 5.90. The molecule has 1 heterocycles. The van der Waals surface area contributed by atoms with E-state index in [2.05, 4.69) is 6.92 Å². The zero-order chi connectivity index (χ0) is 12.4. The lowest BCUT2D eigenvalue weighted by molar-refractivity contribution is 0.0661. The van der Waals surface area contributed by atoms with Crippen LogP contribution in [0.4, 0.5) is 0 Å². The highest BCUT2D eigenvalue weighted by molar-refractivity contribution is 5.94. The van der Waals surface area contributed by atoms with Gasteiger partial charge in [-0.25, -0.2) is 0 Å². The van der Waals surface area contributed by atoms with Gasteiger partial charge in [0, 0.05) is 24.7 Å². The van der Waals surface area contributed by atoms with Crippen LogP contribution in [-0.4, -0.2) is 35.0 Å². The molecule has 0 radical (unpaired) electrons. The molecule has 3 N–H and O–H groups in total. The molecule has 0 spiro atoms. The number of amides is 1. The molecule has 1 aliphatic heterocycles. The number of benzene rings is 1. The van der Waals surface area contributed by atoms with Gasteiger partial charge in [0.1, 0.15) is 5.75 Å². The van der Waals surface area contributed by atoms with Crippen LogP contribution in [0.3, 0.4) is 0 Å². The van der Waals surface area contributed by atoms with Crippen molar-refractivity contribution in [2.45, 2.75) is 19.4 Å². The molecule has 2 atom stereocenters. The van der Waals surface area contributed by atoms with E-state index in [0.717, 1.165) is 13.0 Å². The van der Waals surface area contributed by atoms with Crippen LogP contribution in [0.25, 0.3) is 0 Å². The van der Waals surface area contributed by atoms with Crippen molar-refractivity contribution in [2.24, 2.45) is 11.7 Å². The van der Waals surface area contributed by atoms with Gasteiger partial charge < -0.3 is 15.7 Å². The Morgan fingerprint density at radius 2 is 2.00 bits per heavy atom. The minimum absolute atomic E-state index is 0.00741. The maximum absolute atomic E-state index is 12.2. The number of carbonyl (C=O) groups excluding carboxylic acids is 1. The molecule has 1 saturated heterocycles. The van der Waals surface area contributed by atoms with Crippen LogP contribution < -0.4 is 5.73 Å². The molecule has 2 rings (SSSR count). The summed E-state index contributed by atoms with van der Waals surface area (Å²) in [6.45, 7) is 3.48. The molecule has 0 bridgehead atoms. The SMILES string of the molecule is CC1CC(N)CN(C(=O)c2ccc(O)cc2)C1. The number of rotatable bonds is 1. The lowest BCUT2D eigenvalue weighted by Crippen LogP contribution is -2.48. The first kappa shape index (κ1) is 11.9. The van der Waals surface area contributed by atoms with Crippen molar-refractivity contribution in [3.05, 3.63) is 29.8 Å². The molecule has 0 saturated carbocycles. The van der Waals surface area contributed by atoms with Crippen molar-refractivity contribution in [1.29, 1.82) is 0 Å². The Labute approximate surface area is 101 Å². The van der Waals surface area contributed by atoms with Crippen LogP contribution in [0, 0.1) is 5.92 Å². The third-order valence-corrected chi connectivity index (χ3v) is 3.09. The third-order valence-electron chi connectivity index (χ3n) is 3.09. The number of phenols is 1. The van der Waals surface area contributed by atoms with Crippen LogP contribution in [0.1, 0.15) is 23.7 Å². The largest absolute Gasteiger partial charge is 0.508 e. The number of likely N-dealkylation sites (tertiary alicyclic amines) is 1. The van der Waals surface area contributed by atoms with E-state index in [1.54, 1.807) is 17.0 Å². The molecule has 0 aromatic heterocycles. The molecule has 0 aliphatic carbocycles. The molecular formula is C13H18N2O2. The maximum Gasteiger partial charge on any atom is 0.253 e. The minimum Gasteiger partial charge on any atom is -0.508 e. The van der Waals surface area contributed by atoms with Gasteiger partial charge in [0.05, 0.1) is 0 Å². The van der Waals surface area contributed by atoms with Gasteiger partial charge in [0.2, 0.25) is 0 Å². The van der Waals surface area contributed by atoms with Gasteiger partial charge in [0.25, 0.3) is 5.91 Å². The second-order valence-corrected chi connectivity index (χ2v) is 4.86.